The second kappa shape index (κ2) is 11.3. The van der Waals surface area contributed by atoms with Crippen molar-refractivity contribution in [1.82, 2.24) is 4.90 Å². The van der Waals surface area contributed by atoms with Crippen molar-refractivity contribution in [1.29, 1.82) is 0 Å². The Labute approximate surface area is 219 Å². The predicted octanol–water partition coefficient (Wildman–Crippen LogP) is 7.43. The summed E-state index contributed by atoms with van der Waals surface area (Å²) in [5.74, 6) is 0.791. The number of hydrogen-bond donors (Lipinski definition) is 0. The van der Waals surface area contributed by atoms with Crippen LogP contribution >= 0.6 is 43.6 Å². The minimum atomic E-state index is -0.316. The van der Waals surface area contributed by atoms with Crippen molar-refractivity contribution in [3.63, 3.8) is 0 Å². The van der Waals surface area contributed by atoms with E-state index in [1.165, 1.54) is 4.90 Å². The molecule has 0 unspecified atom stereocenters. The topological polar surface area (TPSA) is 55.8 Å². The van der Waals surface area contributed by atoms with Crippen LogP contribution in [0.5, 0.6) is 11.5 Å². The van der Waals surface area contributed by atoms with Crippen molar-refractivity contribution in [2.75, 3.05) is 6.61 Å². The van der Waals surface area contributed by atoms with Crippen LogP contribution in [-0.4, -0.2) is 22.7 Å². The number of nitrogens with zero attached hydrogens (tertiary/aromatic N) is 1. The Morgan fingerprint density at radius 1 is 0.912 bits per heavy atom. The zero-order valence-corrected chi connectivity index (χ0v) is 22.3. The highest BCUT2D eigenvalue weighted by Crippen LogP contribution is 2.45. The fourth-order valence-electron chi connectivity index (χ4n) is 3.38. The lowest BCUT2D eigenvalue weighted by Gasteiger charge is -2.17. The average Bonchev–Trinajstić information content (AvgIpc) is 3.11. The Bertz CT molecular complexity index is 1230. The molecule has 1 aliphatic heterocycles. The molecule has 174 valence electrons. The normalized spacial score (nSPS) is 14.7. The Balaban J connectivity index is 1.61. The largest absolute Gasteiger partial charge is 0.490 e. The van der Waals surface area contributed by atoms with Gasteiger partial charge in [0.05, 0.1) is 22.5 Å². The number of ether oxygens (including phenoxy) is 2. The fraction of sp³-hybridized carbons (Fsp3) is 0.154. The van der Waals surface area contributed by atoms with Gasteiger partial charge in [-0.2, -0.15) is 0 Å². The quantitative estimate of drug-likeness (QED) is 0.251. The minimum Gasteiger partial charge on any atom is -0.490 e. The molecule has 0 aromatic heterocycles. The van der Waals surface area contributed by atoms with Crippen LogP contribution in [-0.2, 0) is 17.9 Å². The van der Waals surface area contributed by atoms with Gasteiger partial charge in [0.25, 0.3) is 11.1 Å². The SMILES string of the molecule is CCOc1cc(/C=C2\SC(=O)N(Cc3ccccc3)C2=O)c(Br)c(Br)c1OCc1ccccc1. The summed E-state index contributed by atoms with van der Waals surface area (Å²) < 4.78 is 13.3. The summed E-state index contributed by atoms with van der Waals surface area (Å²) in [6, 6.07) is 21.1. The first-order valence-electron chi connectivity index (χ1n) is 10.6. The molecule has 0 spiro atoms. The number of halogens is 2. The average molecular weight is 603 g/mol. The van der Waals surface area contributed by atoms with Crippen molar-refractivity contribution in [2.45, 2.75) is 20.1 Å². The summed E-state index contributed by atoms with van der Waals surface area (Å²) in [4.78, 5) is 27.2. The van der Waals surface area contributed by atoms with E-state index in [4.69, 9.17) is 9.47 Å². The van der Waals surface area contributed by atoms with Gasteiger partial charge in [-0.25, -0.2) is 0 Å². The van der Waals surface area contributed by atoms with Gasteiger partial charge in [0.15, 0.2) is 11.5 Å². The number of carbonyl (C=O) groups is 2. The molecule has 0 N–H and O–H groups in total. The first-order chi connectivity index (χ1) is 16.5. The number of carbonyl (C=O) groups excluding carboxylic acids is 2. The highest BCUT2D eigenvalue weighted by Gasteiger charge is 2.35. The molecule has 5 nitrogen and oxygen atoms in total. The Morgan fingerprint density at radius 2 is 1.56 bits per heavy atom. The molecular weight excluding hydrogens is 582 g/mol. The van der Waals surface area contributed by atoms with Crippen LogP contribution in [0.25, 0.3) is 6.08 Å². The van der Waals surface area contributed by atoms with Gasteiger partial charge in [-0.3, -0.25) is 14.5 Å². The summed E-state index contributed by atoms with van der Waals surface area (Å²) in [5.41, 5.74) is 2.63. The van der Waals surface area contributed by atoms with Crippen molar-refractivity contribution >= 4 is 60.8 Å². The van der Waals surface area contributed by atoms with E-state index >= 15 is 0 Å². The number of benzene rings is 3. The molecule has 3 aromatic rings. The number of hydrogen-bond acceptors (Lipinski definition) is 5. The maximum absolute atomic E-state index is 13.0. The maximum Gasteiger partial charge on any atom is 0.293 e. The lowest BCUT2D eigenvalue weighted by molar-refractivity contribution is -0.123. The minimum absolute atomic E-state index is 0.240. The Kier molecular flexibility index (Phi) is 8.13. The van der Waals surface area contributed by atoms with Gasteiger partial charge >= 0.3 is 0 Å². The maximum atomic E-state index is 13.0. The first kappa shape index (κ1) is 24.6. The first-order valence-corrected chi connectivity index (χ1v) is 13.0. The van der Waals surface area contributed by atoms with E-state index in [9.17, 15) is 9.59 Å². The molecule has 2 amide bonds. The van der Waals surface area contributed by atoms with Gasteiger partial charge in [-0.05, 0) is 79.4 Å². The van der Waals surface area contributed by atoms with Crippen LogP contribution in [0.15, 0.2) is 80.6 Å². The van der Waals surface area contributed by atoms with Crippen molar-refractivity contribution in [2.24, 2.45) is 0 Å². The standard InChI is InChI=1S/C26H21Br2NO4S/c1-2-32-20-13-19(22(27)23(28)24(20)33-16-18-11-7-4-8-12-18)14-21-25(30)29(26(31)34-21)15-17-9-5-3-6-10-17/h3-14H,2,15-16H2,1H3/b21-14-. The highest BCUT2D eigenvalue weighted by molar-refractivity contribution is 9.13. The van der Waals surface area contributed by atoms with Crippen LogP contribution in [0.3, 0.4) is 0 Å². The zero-order chi connectivity index (χ0) is 24.1. The lowest BCUT2D eigenvalue weighted by Crippen LogP contribution is -2.27. The van der Waals surface area contributed by atoms with E-state index in [1.807, 2.05) is 73.7 Å². The number of thioether (sulfide) groups is 1. The van der Waals surface area contributed by atoms with Crippen molar-refractivity contribution in [3.05, 3.63) is 97.3 Å². The molecule has 4 rings (SSSR count). The summed E-state index contributed by atoms with van der Waals surface area (Å²) in [7, 11) is 0. The van der Waals surface area contributed by atoms with Crippen LogP contribution < -0.4 is 9.47 Å². The van der Waals surface area contributed by atoms with Crippen LogP contribution in [0.1, 0.15) is 23.6 Å². The van der Waals surface area contributed by atoms with E-state index in [-0.39, 0.29) is 17.7 Å². The third kappa shape index (κ3) is 5.56. The molecule has 1 saturated heterocycles. The fourth-order valence-corrected chi connectivity index (χ4v) is 5.16. The molecule has 0 atom stereocenters. The summed E-state index contributed by atoms with van der Waals surface area (Å²) in [5, 5.41) is -0.289. The molecule has 1 aliphatic rings. The summed E-state index contributed by atoms with van der Waals surface area (Å²) >= 11 is 8.15. The van der Waals surface area contributed by atoms with Crippen LogP contribution in [0.4, 0.5) is 4.79 Å². The van der Waals surface area contributed by atoms with Gasteiger partial charge in [-0.15, -0.1) is 0 Å². The van der Waals surface area contributed by atoms with E-state index < -0.39 is 0 Å². The highest BCUT2D eigenvalue weighted by atomic mass is 79.9. The smallest absolute Gasteiger partial charge is 0.293 e. The third-order valence-electron chi connectivity index (χ3n) is 5.03. The van der Waals surface area contributed by atoms with E-state index in [2.05, 4.69) is 31.9 Å². The van der Waals surface area contributed by atoms with E-state index in [1.54, 1.807) is 6.08 Å². The predicted molar refractivity (Wildman–Crippen MR) is 142 cm³/mol. The molecule has 1 fully saturated rings. The molecule has 0 bridgehead atoms. The molecular formula is C26H21Br2NO4S. The van der Waals surface area contributed by atoms with Gasteiger partial charge < -0.3 is 9.47 Å². The van der Waals surface area contributed by atoms with Gasteiger partial charge in [0.2, 0.25) is 0 Å². The van der Waals surface area contributed by atoms with Crippen molar-refractivity contribution < 1.29 is 19.1 Å². The molecule has 3 aromatic carbocycles. The Hall–Kier alpha value is -2.55. The monoisotopic (exact) mass is 601 g/mol. The lowest BCUT2D eigenvalue weighted by atomic mass is 10.1. The zero-order valence-electron chi connectivity index (χ0n) is 18.3. The van der Waals surface area contributed by atoms with Gasteiger partial charge in [0.1, 0.15) is 6.61 Å². The molecule has 1 heterocycles. The Morgan fingerprint density at radius 3 is 2.21 bits per heavy atom. The number of amides is 2. The molecule has 34 heavy (non-hydrogen) atoms. The van der Waals surface area contributed by atoms with Crippen LogP contribution in [0, 0.1) is 0 Å². The van der Waals surface area contributed by atoms with Crippen LogP contribution in [0.2, 0.25) is 0 Å². The number of rotatable bonds is 8. The molecule has 0 aliphatic carbocycles. The number of imide groups is 1. The summed E-state index contributed by atoms with van der Waals surface area (Å²) in [6.45, 7) is 2.96. The second-order valence-electron chi connectivity index (χ2n) is 7.38. The van der Waals surface area contributed by atoms with Crippen molar-refractivity contribution in [3.8, 4) is 11.5 Å². The third-order valence-corrected chi connectivity index (χ3v) is 8.08. The van der Waals surface area contributed by atoms with E-state index in [0.29, 0.717) is 44.1 Å². The van der Waals surface area contributed by atoms with E-state index in [0.717, 1.165) is 22.9 Å². The molecule has 0 radical (unpaired) electrons. The van der Waals surface area contributed by atoms with Gasteiger partial charge in [-0.1, -0.05) is 60.7 Å². The molecule has 0 saturated carbocycles. The second-order valence-corrected chi connectivity index (χ2v) is 9.96. The summed E-state index contributed by atoms with van der Waals surface area (Å²) in [6.07, 6.45) is 1.70. The molecule has 8 heteroatoms. The van der Waals surface area contributed by atoms with Gasteiger partial charge in [0, 0.05) is 4.47 Å².